The number of carbonyl (C=O) groups excluding carboxylic acids is 1. The largest absolute Gasteiger partial charge is 0.538 e. The summed E-state index contributed by atoms with van der Waals surface area (Å²) in [5, 5.41) is 10.4. The van der Waals surface area contributed by atoms with Crippen molar-refractivity contribution < 1.29 is 30.3 Å². The first-order chi connectivity index (χ1) is 2.81. The van der Waals surface area contributed by atoms with E-state index in [-0.39, 0.29) is 20.4 Å². The smallest absolute Gasteiger partial charge is 0.00771 e. The number of hydrogen-bond donors (Lipinski definition) is 2. The zero-order valence-electron chi connectivity index (χ0n) is 3.81. The van der Waals surface area contributed by atoms with Gasteiger partial charge in [-0.05, 0) is 7.05 Å². The fourth-order valence-corrected chi connectivity index (χ4v) is 0.0589. The quantitative estimate of drug-likeness (QED) is 0.483. The molecule has 43 valence electrons. The molecule has 0 bridgehead atoms. The van der Waals surface area contributed by atoms with Crippen LogP contribution >= 0.6 is 0 Å². The summed E-state index contributed by atoms with van der Waals surface area (Å²) >= 11 is 0. The second-order valence-electron chi connectivity index (χ2n) is 0.809. The maximum absolute atomic E-state index is 9.30. The van der Waals surface area contributed by atoms with E-state index in [4.69, 9.17) is 5.11 Å². The third-order valence-electron chi connectivity index (χ3n) is 0.385. The summed E-state index contributed by atoms with van der Waals surface area (Å²) in [6.07, 6.45) is 0.189. The van der Waals surface area contributed by atoms with Crippen LogP contribution in [0.15, 0.2) is 0 Å². The Balaban J connectivity index is 0. The Morgan fingerprint density at radius 3 is 2.29 bits per heavy atom. The van der Waals surface area contributed by atoms with Gasteiger partial charge in [0, 0.05) is 26.7 Å². The van der Waals surface area contributed by atoms with Crippen molar-refractivity contribution in [3.63, 3.8) is 0 Å². The molecule has 0 heterocycles. The van der Waals surface area contributed by atoms with E-state index in [1.54, 1.807) is 0 Å². The number of nitrogens with one attached hydrogen (secondary N) is 1. The molecule has 0 aromatic heterocycles. The minimum atomic E-state index is -1.12. The monoisotopic (exact) mass is 275 g/mol. The molecule has 7 heavy (non-hydrogen) atoms. The summed E-state index contributed by atoms with van der Waals surface area (Å²) in [4.78, 5) is 9.30. The molecular formula is C3H6NO2Re-. The molecule has 0 aliphatic heterocycles. The van der Waals surface area contributed by atoms with Gasteiger partial charge in [-0.25, -0.2) is 6.29 Å². The van der Waals surface area contributed by atoms with Crippen molar-refractivity contribution in [1.82, 2.24) is 5.32 Å². The van der Waals surface area contributed by atoms with Gasteiger partial charge in [-0.2, -0.15) is 0 Å². The first kappa shape index (κ1) is 10.3. The van der Waals surface area contributed by atoms with Crippen molar-refractivity contribution in [2.24, 2.45) is 0 Å². The van der Waals surface area contributed by atoms with E-state index in [0.29, 0.717) is 0 Å². The van der Waals surface area contributed by atoms with Gasteiger partial charge in [0.2, 0.25) is 0 Å². The van der Waals surface area contributed by atoms with E-state index in [0.717, 1.165) is 0 Å². The number of rotatable bonds is 2. The number of likely N-dealkylation sites (N-methyl/N-ethyl adjacent to an activating group) is 1. The van der Waals surface area contributed by atoms with Gasteiger partial charge in [0.1, 0.15) is 0 Å². The molecule has 0 unspecified atom stereocenters. The van der Waals surface area contributed by atoms with Crippen LogP contribution in [0.25, 0.3) is 0 Å². The first-order valence-electron chi connectivity index (χ1n) is 1.54. The van der Waals surface area contributed by atoms with Crippen LogP contribution in [-0.2, 0) is 25.2 Å². The molecule has 0 saturated carbocycles. The molecule has 0 aliphatic carbocycles. The van der Waals surface area contributed by atoms with Gasteiger partial charge in [0.15, 0.2) is 0 Å². The normalized spacial score (nSPS) is 11.7. The van der Waals surface area contributed by atoms with Gasteiger partial charge in [-0.15, -0.1) is 0 Å². The summed E-state index contributed by atoms with van der Waals surface area (Å²) < 4.78 is 0. The molecule has 0 rings (SSSR count). The first-order valence-corrected chi connectivity index (χ1v) is 1.54. The molecule has 3 nitrogen and oxygen atoms in total. The molecule has 0 fully saturated rings. The number of aliphatic hydroxyl groups is 1. The Morgan fingerprint density at radius 2 is 2.29 bits per heavy atom. The number of hydrogen-bond acceptors (Lipinski definition) is 3. The third kappa shape index (κ3) is 6.25. The van der Waals surface area contributed by atoms with Crippen LogP contribution in [0.2, 0.25) is 0 Å². The van der Waals surface area contributed by atoms with Crippen molar-refractivity contribution in [2.75, 3.05) is 7.05 Å². The number of aliphatic hydroxyl groups excluding tert-OH is 1. The standard InChI is InChI=1S/C3H6NO2.Re/c1-4-3(6)2-5;/h3-4,6H,1H3;/q-1;/t3-;/m0./s1. The van der Waals surface area contributed by atoms with E-state index in [9.17, 15) is 4.79 Å². The van der Waals surface area contributed by atoms with E-state index in [1.807, 2.05) is 0 Å². The molecule has 1 radical (unpaired) electrons. The molecule has 2 N–H and O–H groups in total. The van der Waals surface area contributed by atoms with Crippen LogP contribution in [0, 0.1) is 0 Å². The van der Waals surface area contributed by atoms with Crippen LogP contribution in [0.4, 0.5) is 0 Å². The maximum Gasteiger partial charge on any atom is 0.00771 e. The summed E-state index contributed by atoms with van der Waals surface area (Å²) in [5.41, 5.74) is 0. The van der Waals surface area contributed by atoms with Crippen LogP contribution < -0.4 is 5.32 Å². The van der Waals surface area contributed by atoms with Gasteiger partial charge in [-0.1, -0.05) is 0 Å². The molecule has 0 aliphatic rings. The van der Waals surface area contributed by atoms with Gasteiger partial charge in [0.05, 0.1) is 0 Å². The molecule has 4 heteroatoms. The summed E-state index contributed by atoms with van der Waals surface area (Å²) in [6, 6.07) is 0. The predicted molar refractivity (Wildman–Crippen MR) is 20.8 cm³/mol. The van der Waals surface area contributed by atoms with Gasteiger partial charge < -0.3 is 15.2 Å². The van der Waals surface area contributed by atoms with Crippen molar-refractivity contribution in [3.8, 4) is 0 Å². The zero-order valence-corrected chi connectivity index (χ0v) is 6.53. The molecule has 0 amide bonds. The summed E-state index contributed by atoms with van der Waals surface area (Å²) in [5.74, 6) is 0. The second-order valence-corrected chi connectivity index (χ2v) is 0.809. The van der Waals surface area contributed by atoms with Crippen LogP contribution in [-0.4, -0.2) is 24.7 Å². The minimum Gasteiger partial charge on any atom is -0.538 e. The summed E-state index contributed by atoms with van der Waals surface area (Å²) in [7, 11) is 1.47. The van der Waals surface area contributed by atoms with Crippen molar-refractivity contribution in [3.05, 3.63) is 0 Å². The average molecular weight is 274 g/mol. The van der Waals surface area contributed by atoms with E-state index in [1.165, 1.54) is 13.3 Å². The van der Waals surface area contributed by atoms with Crippen molar-refractivity contribution in [2.45, 2.75) is 6.23 Å². The molecular weight excluding hydrogens is 268 g/mol. The Hall–Kier alpha value is 0.252. The zero-order chi connectivity index (χ0) is 4.99. The van der Waals surface area contributed by atoms with Gasteiger partial charge in [-0.3, -0.25) is 0 Å². The summed E-state index contributed by atoms with van der Waals surface area (Å²) in [6.45, 7) is 0. The SMILES string of the molecule is CN[C@@H](O)[C-]=O.[Re]. The Kier molecular flexibility index (Phi) is 9.18. The van der Waals surface area contributed by atoms with E-state index in [2.05, 4.69) is 5.32 Å². The average Bonchev–Trinajstić information content (AvgIpc) is 1.65. The molecule has 1 atom stereocenters. The molecule has 0 aromatic carbocycles. The molecule has 0 saturated heterocycles. The van der Waals surface area contributed by atoms with Crippen molar-refractivity contribution >= 4 is 6.29 Å². The Morgan fingerprint density at radius 1 is 1.86 bits per heavy atom. The van der Waals surface area contributed by atoms with Crippen LogP contribution in [0.1, 0.15) is 0 Å². The van der Waals surface area contributed by atoms with Gasteiger partial charge in [0.25, 0.3) is 0 Å². The third-order valence-corrected chi connectivity index (χ3v) is 0.385. The Bertz CT molecular complexity index is 50.2. The maximum atomic E-state index is 9.30. The Labute approximate surface area is 55.8 Å². The van der Waals surface area contributed by atoms with Gasteiger partial charge >= 0.3 is 0 Å². The topological polar surface area (TPSA) is 49.3 Å². The molecule has 0 aromatic rings. The minimum absolute atomic E-state index is 0. The fourth-order valence-electron chi connectivity index (χ4n) is 0.0589. The van der Waals surface area contributed by atoms with Crippen molar-refractivity contribution in [1.29, 1.82) is 0 Å². The second kappa shape index (κ2) is 6.25. The fraction of sp³-hybridized carbons (Fsp3) is 0.667. The molecule has 0 spiro atoms. The van der Waals surface area contributed by atoms with E-state index >= 15 is 0 Å². The predicted octanol–water partition coefficient (Wildman–Crippen LogP) is -1.37. The van der Waals surface area contributed by atoms with Crippen LogP contribution in [0.5, 0.6) is 0 Å². The van der Waals surface area contributed by atoms with E-state index < -0.39 is 6.23 Å². The van der Waals surface area contributed by atoms with Crippen LogP contribution in [0.3, 0.4) is 0 Å².